The summed E-state index contributed by atoms with van der Waals surface area (Å²) in [6, 6.07) is 0. The summed E-state index contributed by atoms with van der Waals surface area (Å²) in [7, 11) is 1.14. The van der Waals surface area contributed by atoms with E-state index in [2.05, 4.69) is 20.1 Å². The van der Waals surface area contributed by atoms with Gasteiger partial charge in [-0.05, 0) is 6.92 Å². The van der Waals surface area contributed by atoms with Gasteiger partial charge in [-0.1, -0.05) is 5.92 Å². The number of rotatable bonds is 3. The fraction of sp³-hybridized carbons (Fsp3) is 0.500. The lowest BCUT2D eigenvalue weighted by atomic mass is 10.4. The molecule has 0 aliphatic heterocycles. The van der Waals surface area contributed by atoms with Crippen LogP contribution in [-0.4, -0.2) is 31.9 Å². The van der Waals surface area contributed by atoms with Crippen LogP contribution < -0.4 is 0 Å². The van der Waals surface area contributed by atoms with Crippen molar-refractivity contribution in [3.63, 3.8) is 0 Å². The minimum absolute atomic E-state index is 0.145. The van der Waals surface area contributed by atoms with E-state index in [1.165, 1.54) is 6.92 Å². The quantitative estimate of drug-likeness (QED) is 0.469. The van der Waals surface area contributed by atoms with Gasteiger partial charge in [0.25, 0.3) is 0 Å². The smallest absolute Gasteiger partial charge is 0.450 e. The molecule has 0 saturated carbocycles. The predicted molar refractivity (Wildman–Crippen MR) is 42.7 cm³/mol. The zero-order chi connectivity index (χ0) is 10.3. The molecule has 5 heteroatoms. The first-order valence-corrected chi connectivity index (χ1v) is 3.46. The first-order chi connectivity index (χ1) is 6.11. The molecular weight excluding hydrogens is 176 g/mol. The lowest BCUT2D eigenvalue weighted by Crippen LogP contribution is -2.26. The van der Waals surface area contributed by atoms with E-state index in [0.29, 0.717) is 0 Å². The molecule has 0 fully saturated rings. The normalized spacial score (nSPS) is 10.8. The van der Waals surface area contributed by atoms with Gasteiger partial charge in [-0.15, -0.1) is 6.42 Å². The standard InChI is InChI=1S/C8H10O5/c1-4-5-12-7(9)6(2)13-8(10)11-3/h1,6H,5H2,2-3H3. The van der Waals surface area contributed by atoms with Crippen molar-refractivity contribution >= 4 is 12.1 Å². The summed E-state index contributed by atoms with van der Waals surface area (Å²) >= 11 is 0. The van der Waals surface area contributed by atoms with Crippen LogP contribution in [0.25, 0.3) is 0 Å². The molecule has 0 aromatic rings. The third-order valence-corrected chi connectivity index (χ3v) is 1.07. The van der Waals surface area contributed by atoms with Gasteiger partial charge < -0.3 is 14.2 Å². The molecule has 0 saturated heterocycles. The number of hydrogen-bond acceptors (Lipinski definition) is 5. The lowest BCUT2D eigenvalue weighted by molar-refractivity contribution is -0.152. The van der Waals surface area contributed by atoms with Gasteiger partial charge in [0.05, 0.1) is 7.11 Å². The highest BCUT2D eigenvalue weighted by Crippen LogP contribution is 1.96. The summed E-state index contributed by atoms with van der Waals surface area (Å²) < 4.78 is 13.1. The van der Waals surface area contributed by atoms with Crippen molar-refractivity contribution in [1.29, 1.82) is 0 Å². The molecule has 1 atom stereocenters. The fourth-order valence-corrected chi connectivity index (χ4v) is 0.471. The van der Waals surface area contributed by atoms with E-state index in [-0.39, 0.29) is 6.61 Å². The average molecular weight is 186 g/mol. The molecule has 0 spiro atoms. The van der Waals surface area contributed by atoms with Crippen LogP contribution in [-0.2, 0) is 19.0 Å². The number of terminal acetylenes is 1. The Bertz CT molecular complexity index is 227. The molecule has 0 aliphatic carbocycles. The van der Waals surface area contributed by atoms with Crippen molar-refractivity contribution in [2.24, 2.45) is 0 Å². The Balaban J connectivity index is 3.83. The Morgan fingerprint density at radius 2 is 2.15 bits per heavy atom. The van der Waals surface area contributed by atoms with Gasteiger partial charge in [-0.25, -0.2) is 9.59 Å². The zero-order valence-electron chi connectivity index (χ0n) is 7.40. The maximum absolute atomic E-state index is 10.9. The topological polar surface area (TPSA) is 61.8 Å². The molecule has 0 rings (SSSR count). The summed E-state index contributed by atoms with van der Waals surface area (Å²) in [5.74, 6) is 1.40. The van der Waals surface area contributed by atoms with E-state index in [1.54, 1.807) is 0 Å². The maximum atomic E-state index is 10.9. The largest absolute Gasteiger partial charge is 0.508 e. The number of ether oxygens (including phenoxy) is 3. The maximum Gasteiger partial charge on any atom is 0.508 e. The Morgan fingerprint density at radius 3 is 2.62 bits per heavy atom. The number of methoxy groups -OCH3 is 1. The Hall–Kier alpha value is -1.70. The van der Waals surface area contributed by atoms with Crippen LogP contribution in [0.2, 0.25) is 0 Å². The molecule has 0 radical (unpaired) electrons. The van der Waals surface area contributed by atoms with E-state index < -0.39 is 18.2 Å². The van der Waals surface area contributed by atoms with Crippen molar-refractivity contribution < 1.29 is 23.8 Å². The molecule has 72 valence electrons. The molecule has 0 aromatic carbocycles. The Kier molecular flexibility index (Phi) is 5.12. The second-order valence-corrected chi connectivity index (χ2v) is 2.03. The van der Waals surface area contributed by atoms with Gasteiger partial charge in [0.1, 0.15) is 0 Å². The third kappa shape index (κ3) is 4.69. The van der Waals surface area contributed by atoms with E-state index >= 15 is 0 Å². The van der Waals surface area contributed by atoms with Gasteiger partial charge >= 0.3 is 12.1 Å². The van der Waals surface area contributed by atoms with Gasteiger partial charge in [0, 0.05) is 0 Å². The first-order valence-electron chi connectivity index (χ1n) is 3.46. The van der Waals surface area contributed by atoms with E-state index in [4.69, 9.17) is 6.42 Å². The first kappa shape index (κ1) is 11.3. The number of esters is 1. The summed E-state index contributed by atoms with van der Waals surface area (Å²) in [5.41, 5.74) is 0. The van der Waals surface area contributed by atoms with Crippen LogP contribution in [0.5, 0.6) is 0 Å². The molecule has 1 unspecified atom stereocenters. The van der Waals surface area contributed by atoms with Crippen molar-refractivity contribution in [1.82, 2.24) is 0 Å². The Morgan fingerprint density at radius 1 is 1.54 bits per heavy atom. The SMILES string of the molecule is C#CCOC(=O)C(C)OC(=O)OC. The number of hydrogen-bond donors (Lipinski definition) is 0. The molecule has 0 amide bonds. The number of carbonyl (C=O) groups excluding carboxylic acids is 2. The van der Waals surface area contributed by atoms with Gasteiger partial charge in [-0.2, -0.15) is 0 Å². The van der Waals surface area contributed by atoms with Crippen molar-refractivity contribution in [2.75, 3.05) is 13.7 Å². The van der Waals surface area contributed by atoms with Gasteiger partial charge in [0.15, 0.2) is 12.7 Å². The van der Waals surface area contributed by atoms with E-state index in [9.17, 15) is 9.59 Å². The highest BCUT2D eigenvalue weighted by molar-refractivity contribution is 5.77. The van der Waals surface area contributed by atoms with Gasteiger partial charge in [0.2, 0.25) is 0 Å². The molecule has 5 nitrogen and oxygen atoms in total. The molecule has 0 heterocycles. The summed E-state index contributed by atoms with van der Waals surface area (Å²) in [4.78, 5) is 21.4. The molecular formula is C8H10O5. The molecule has 0 aliphatic rings. The Labute approximate surface area is 76.0 Å². The van der Waals surface area contributed by atoms with E-state index in [1.807, 2.05) is 0 Å². The van der Waals surface area contributed by atoms with E-state index in [0.717, 1.165) is 7.11 Å². The molecule has 0 aromatic heterocycles. The minimum Gasteiger partial charge on any atom is -0.450 e. The van der Waals surface area contributed by atoms with Crippen LogP contribution in [0.4, 0.5) is 4.79 Å². The van der Waals surface area contributed by atoms with Crippen LogP contribution in [0.1, 0.15) is 6.92 Å². The highest BCUT2D eigenvalue weighted by Gasteiger charge is 2.18. The predicted octanol–water partition coefficient (Wildman–Crippen LogP) is 0.334. The third-order valence-electron chi connectivity index (χ3n) is 1.07. The monoisotopic (exact) mass is 186 g/mol. The molecule has 0 bridgehead atoms. The second kappa shape index (κ2) is 5.89. The minimum atomic E-state index is -1.01. The van der Waals surface area contributed by atoms with Gasteiger partial charge in [-0.3, -0.25) is 0 Å². The molecule has 0 N–H and O–H groups in total. The van der Waals surface area contributed by atoms with Crippen molar-refractivity contribution in [3.8, 4) is 12.3 Å². The van der Waals surface area contributed by atoms with Crippen molar-refractivity contribution in [2.45, 2.75) is 13.0 Å². The number of carbonyl (C=O) groups is 2. The average Bonchev–Trinajstić information content (AvgIpc) is 2.13. The summed E-state index contributed by atoms with van der Waals surface area (Å²) in [5, 5.41) is 0. The second-order valence-electron chi connectivity index (χ2n) is 2.03. The summed E-state index contributed by atoms with van der Waals surface area (Å²) in [6.45, 7) is 1.21. The zero-order valence-corrected chi connectivity index (χ0v) is 7.40. The lowest BCUT2D eigenvalue weighted by Gasteiger charge is -2.09. The molecule has 13 heavy (non-hydrogen) atoms. The van der Waals surface area contributed by atoms with Crippen LogP contribution in [0.3, 0.4) is 0 Å². The van der Waals surface area contributed by atoms with Crippen LogP contribution in [0.15, 0.2) is 0 Å². The van der Waals surface area contributed by atoms with Crippen molar-refractivity contribution in [3.05, 3.63) is 0 Å². The fourth-order valence-electron chi connectivity index (χ4n) is 0.471. The summed E-state index contributed by atoms with van der Waals surface area (Å²) in [6.07, 6.45) is 2.89. The highest BCUT2D eigenvalue weighted by atomic mass is 16.7. The van der Waals surface area contributed by atoms with Crippen LogP contribution in [0, 0.1) is 12.3 Å². The van der Waals surface area contributed by atoms with Crippen LogP contribution >= 0.6 is 0 Å².